The SMILES string of the molecule is Cc1cc(Cl)nc(CN(CCO)CC(F)F)n1. The lowest BCUT2D eigenvalue weighted by molar-refractivity contribution is 0.0733. The molecule has 0 aromatic carbocycles. The lowest BCUT2D eigenvalue weighted by atomic mass is 10.4. The van der Waals surface area contributed by atoms with Crippen molar-refractivity contribution < 1.29 is 13.9 Å². The number of aromatic nitrogens is 2. The van der Waals surface area contributed by atoms with E-state index in [9.17, 15) is 8.78 Å². The molecule has 1 aromatic rings. The van der Waals surface area contributed by atoms with Crippen LogP contribution in [0, 0.1) is 6.92 Å². The molecule has 0 radical (unpaired) electrons. The fourth-order valence-corrected chi connectivity index (χ4v) is 1.69. The molecule has 1 N–H and O–H groups in total. The first kappa shape index (κ1) is 14.2. The van der Waals surface area contributed by atoms with Gasteiger partial charge in [-0.2, -0.15) is 0 Å². The third-order valence-electron chi connectivity index (χ3n) is 2.05. The molecule has 0 unspecified atom stereocenters. The average Bonchev–Trinajstić information content (AvgIpc) is 2.14. The predicted octanol–water partition coefficient (Wildman–Crippen LogP) is 1.50. The zero-order chi connectivity index (χ0) is 12.8. The highest BCUT2D eigenvalue weighted by Gasteiger charge is 2.13. The monoisotopic (exact) mass is 265 g/mol. The zero-order valence-corrected chi connectivity index (χ0v) is 10.2. The molecule has 17 heavy (non-hydrogen) atoms. The van der Waals surface area contributed by atoms with Crippen molar-refractivity contribution >= 4 is 11.6 Å². The van der Waals surface area contributed by atoms with E-state index in [2.05, 4.69) is 9.97 Å². The second-order valence-corrected chi connectivity index (χ2v) is 3.99. The van der Waals surface area contributed by atoms with E-state index in [1.807, 2.05) is 0 Å². The van der Waals surface area contributed by atoms with Gasteiger partial charge in [0.25, 0.3) is 6.43 Å². The Morgan fingerprint density at radius 1 is 1.47 bits per heavy atom. The van der Waals surface area contributed by atoms with Crippen LogP contribution in [0.3, 0.4) is 0 Å². The summed E-state index contributed by atoms with van der Waals surface area (Å²) in [5.74, 6) is 0.379. The van der Waals surface area contributed by atoms with E-state index < -0.39 is 13.0 Å². The molecule has 0 aliphatic carbocycles. The van der Waals surface area contributed by atoms with Crippen molar-refractivity contribution in [1.29, 1.82) is 0 Å². The molecule has 1 heterocycles. The molecule has 0 atom stereocenters. The largest absolute Gasteiger partial charge is 0.395 e. The molecule has 0 spiro atoms. The first-order valence-corrected chi connectivity index (χ1v) is 5.50. The molecular formula is C10H14ClF2N3O. The van der Waals surface area contributed by atoms with Gasteiger partial charge >= 0.3 is 0 Å². The number of hydrogen-bond acceptors (Lipinski definition) is 4. The molecule has 0 bridgehead atoms. The minimum absolute atomic E-state index is 0.145. The maximum Gasteiger partial charge on any atom is 0.251 e. The molecule has 1 aromatic heterocycles. The van der Waals surface area contributed by atoms with Crippen LogP contribution < -0.4 is 0 Å². The first-order chi connectivity index (χ1) is 8.01. The van der Waals surface area contributed by atoms with Crippen LogP contribution in [0.5, 0.6) is 0 Å². The summed E-state index contributed by atoms with van der Waals surface area (Å²) in [4.78, 5) is 9.43. The Morgan fingerprint density at radius 2 is 2.18 bits per heavy atom. The second kappa shape index (κ2) is 6.78. The maximum atomic E-state index is 12.3. The van der Waals surface area contributed by atoms with Crippen LogP contribution in [-0.2, 0) is 6.54 Å². The quantitative estimate of drug-likeness (QED) is 0.792. The van der Waals surface area contributed by atoms with Gasteiger partial charge in [0.1, 0.15) is 11.0 Å². The van der Waals surface area contributed by atoms with Crippen molar-refractivity contribution in [1.82, 2.24) is 14.9 Å². The summed E-state index contributed by atoms with van der Waals surface area (Å²) in [6.45, 7) is 1.44. The summed E-state index contributed by atoms with van der Waals surface area (Å²) in [6.07, 6.45) is -2.46. The topological polar surface area (TPSA) is 49.2 Å². The maximum absolute atomic E-state index is 12.3. The van der Waals surface area contributed by atoms with Gasteiger partial charge in [-0.1, -0.05) is 11.6 Å². The molecule has 4 nitrogen and oxygen atoms in total. The molecule has 0 aliphatic rings. The van der Waals surface area contributed by atoms with Crippen molar-refractivity contribution in [2.24, 2.45) is 0 Å². The number of aliphatic hydroxyl groups excluding tert-OH is 1. The van der Waals surface area contributed by atoms with E-state index in [1.54, 1.807) is 13.0 Å². The van der Waals surface area contributed by atoms with Gasteiger partial charge in [0.15, 0.2) is 0 Å². The number of alkyl halides is 2. The van der Waals surface area contributed by atoms with Crippen molar-refractivity contribution in [2.75, 3.05) is 19.7 Å². The zero-order valence-electron chi connectivity index (χ0n) is 9.41. The molecule has 0 aliphatic heterocycles. The third kappa shape index (κ3) is 5.34. The van der Waals surface area contributed by atoms with Crippen molar-refractivity contribution in [3.8, 4) is 0 Å². The van der Waals surface area contributed by atoms with E-state index >= 15 is 0 Å². The Bertz CT molecular complexity index is 345. The van der Waals surface area contributed by atoms with Crippen LogP contribution in [-0.4, -0.2) is 46.1 Å². The summed E-state index contributed by atoms with van der Waals surface area (Å²) in [5, 5.41) is 9.07. The molecule has 0 amide bonds. The van der Waals surface area contributed by atoms with Crippen LogP contribution >= 0.6 is 11.6 Å². The fraction of sp³-hybridized carbons (Fsp3) is 0.600. The summed E-state index contributed by atoms with van der Waals surface area (Å²) < 4.78 is 24.6. The van der Waals surface area contributed by atoms with Crippen molar-refractivity contribution in [3.05, 3.63) is 22.7 Å². The smallest absolute Gasteiger partial charge is 0.251 e. The highest BCUT2D eigenvalue weighted by atomic mass is 35.5. The number of rotatable bonds is 6. The lowest BCUT2D eigenvalue weighted by Gasteiger charge is -2.19. The number of aliphatic hydroxyl groups is 1. The van der Waals surface area contributed by atoms with Gasteiger partial charge < -0.3 is 5.11 Å². The molecule has 0 saturated carbocycles. The summed E-state index contributed by atoms with van der Waals surface area (Å²) >= 11 is 5.75. The van der Waals surface area contributed by atoms with E-state index in [0.717, 1.165) is 0 Å². The Hall–Kier alpha value is -0.850. The van der Waals surface area contributed by atoms with Gasteiger partial charge in [-0.25, -0.2) is 18.7 Å². The molecule has 7 heteroatoms. The van der Waals surface area contributed by atoms with Crippen molar-refractivity contribution in [2.45, 2.75) is 19.9 Å². The predicted molar refractivity (Wildman–Crippen MR) is 60.1 cm³/mol. The Labute approximate surface area is 103 Å². The highest BCUT2D eigenvalue weighted by molar-refractivity contribution is 6.29. The van der Waals surface area contributed by atoms with E-state index in [1.165, 1.54) is 4.90 Å². The number of nitrogens with zero attached hydrogens (tertiary/aromatic N) is 3. The van der Waals surface area contributed by atoms with E-state index in [-0.39, 0.29) is 24.8 Å². The van der Waals surface area contributed by atoms with Gasteiger partial charge in [0.2, 0.25) is 0 Å². The van der Waals surface area contributed by atoms with Crippen molar-refractivity contribution in [3.63, 3.8) is 0 Å². The van der Waals surface area contributed by atoms with Crippen LogP contribution in [0.4, 0.5) is 8.78 Å². The fourth-order valence-electron chi connectivity index (χ4n) is 1.43. The summed E-state index contributed by atoms with van der Waals surface area (Å²) in [6, 6.07) is 1.59. The average molecular weight is 266 g/mol. The number of hydrogen-bond donors (Lipinski definition) is 1. The Morgan fingerprint density at radius 3 is 2.71 bits per heavy atom. The van der Waals surface area contributed by atoms with Gasteiger partial charge in [-0.3, -0.25) is 4.90 Å². The van der Waals surface area contributed by atoms with Gasteiger partial charge in [-0.15, -0.1) is 0 Å². The normalized spacial score (nSPS) is 11.5. The number of aryl methyl sites for hydroxylation is 1. The minimum Gasteiger partial charge on any atom is -0.395 e. The summed E-state index contributed by atoms with van der Waals surface area (Å²) in [5.41, 5.74) is 0.681. The summed E-state index contributed by atoms with van der Waals surface area (Å²) in [7, 11) is 0. The molecular weight excluding hydrogens is 252 g/mol. The van der Waals surface area contributed by atoms with Gasteiger partial charge in [-0.05, 0) is 13.0 Å². The van der Waals surface area contributed by atoms with E-state index in [4.69, 9.17) is 16.7 Å². The van der Waals surface area contributed by atoms with Crippen LogP contribution in [0.15, 0.2) is 6.07 Å². The Balaban J connectivity index is 2.70. The van der Waals surface area contributed by atoms with Gasteiger partial charge in [0.05, 0.1) is 19.7 Å². The third-order valence-corrected chi connectivity index (χ3v) is 2.24. The first-order valence-electron chi connectivity index (χ1n) is 5.12. The van der Waals surface area contributed by atoms with E-state index in [0.29, 0.717) is 11.5 Å². The second-order valence-electron chi connectivity index (χ2n) is 3.60. The Kier molecular flexibility index (Phi) is 5.67. The minimum atomic E-state index is -2.46. The van der Waals surface area contributed by atoms with Crippen LogP contribution in [0.25, 0.3) is 0 Å². The van der Waals surface area contributed by atoms with Crippen LogP contribution in [0.1, 0.15) is 11.5 Å². The standard InChI is InChI=1S/C10H14ClF2N3O/c1-7-4-8(11)15-10(14-7)6-16(2-3-17)5-9(12)13/h4,9,17H,2-3,5-6H2,1H3. The number of halogens is 3. The molecule has 1 rings (SSSR count). The van der Waals surface area contributed by atoms with Crippen LogP contribution in [0.2, 0.25) is 5.15 Å². The van der Waals surface area contributed by atoms with Gasteiger partial charge in [0, 0.05) is 12.2 Å². The molecule has 96 valence electrons. The molecule has 0 saturated heterocycles. The highest BCUT2D eigenvalue weighted by Crippen LogP contribution is 2.09. The lowest BCUT2D eigenvalue weighted by Crippen LogP contribution is -2.32. The molecule has 0 fully saturated rings.